The van der Waals surface area contributed by atoms with E-state index in [0.29, 0.717) is 13.1 Å². The maximum atomic E-state index is 12.7. The van der Waals surface area contributed by atoms with E-state index in [1.165, 1.54) is 22.5 Å². The Labute approximate surface area is 125 Å². The summed E-state index contributed by atoms with van der Waals surface area (Å²) >= 11 is 0. The molecule has 2 rings (SSSR count). The maximum Gasteiger partial charge on any atom is 0.337 e. The first-order chi connectivity index (χ1) is 9.64. The topological polar surface area (TPSA) is 74.7 Å². The van der Waals surface area contributed by atoms with Crippen LogP contribution >= 0.6 is 0 Å². The molecule has 1 atom stereocenters. The fourth-order valence-electron chi connectivity index (χ4n) is 2.66. The number of hydrogen-bond acceptors (Lipinski definition) is 3. The van der Waals surface area contributed by atoms with Gasteiger partial charge in [-0.2, -0.15) is 4.31 Å². The van der Waals surface area contributed by atoms with Crippen molar-refractivity contribution in [1.82, 2.24) is 4.31 Å². The SMILES string of the molecule is CC(C)(C)C1CCN(S(=O)(=O)c2ccccc2C(=O)O)C1. The van der Waals surface area contributed by atoms with Crippen molar-refractivity contribution < 1.29 is 18.3 Å². The zero-order chi connectivity index (χ0) is 15.8. The molecule has 1 aromatic rings. The fourth-order valence-corrected chi connectivity index (χ4v) is 4.34. The molecule has 5 nitrogen and oxygen atoms in total. The molecule has 0 spiro atoms. The summed E-state index contributed by atoms with van der Waals surface area (Å²) in [6, 6.07) is 5.77. The number of hydrogen-bond donors (Lipinski definition) is 1. The lowest BCUT2D eigenvalue weighted by Gasteiger charge is -2.27. The molecule has 1 saturated heterocycles. The third-order valence-corrected chi connectivity index (χ3v) is 6.03. The lowest BCUT2D eigenvalue weighted by atomic mass is 9.80. The summed E-state index contributed by atoms with van der Waals surface area (Å²) in [6.45, 7) is 7.18. The van der Waals surface area contributed by atoms with E-state index in [0.717, 1.165) is 6.42 Å². The summed E-state index contributed by atoms with van der Waals surface area (Å²) in [4.78, 5) is 11.1. The molecule has 1 N–H and O–H groups in total. The number of carboxylic acids is 1. The minimum Gasteiger partial charge on any atom is -0.478 e. The van der Waals surface area contributed by atoms with Crippen LogP contribution in [0.3, 0.4) is 0 Å². The first-order valence-corrected chi connectivity index (χ1v) is 8.40. The van der Waals surface area contributed by atoms with Crippen molar-refractivity contribution in [2.75, 3.05) is 13.1 Å². The van der Waals surface area contributed by atoms with Gasteiger partial charge in [0.1, 0.15) is 0 Å². The van der Waals surface area contributed by atoms with E-state index in [4.69, 9.17) is 0 Å². The Kier molecular flexibility index (Phi) is 4.13. The molecule has 6 heteroatoms. The maximum absolute atomic E-state index is 12.7. The minimum absolute atomic E-state index is 0.0383. The molecular weight excluding hydrogens is 290 g/mol. The molecule has 1 aromatic carbocycles. The number of benzene rings is 1. The highest BCUT2D eigenvalue weighted by Gasteiger charge is 2.38. The van der Waals surface area contributed by atoms with Crippen LogP contribution in [0.2, 0.25) is 0 Å². The van der Waals surface area contributed by atoms with Crippen molar-refractivity contribution in [3.05, 3.63) is 29.8 Å². The Balaban J connectivity index is 2.35. The summed E-state index contributed by atoms with van der Waals surface area (Å²) in [5.74, 6) is -0.940. The van der Waals surface area contributed by atoms with E-state index in [1.807, 2.05) is 0 Å². The number of carboxylic acid groups (broad SMARTS) is 1. The average Bonchev–Trinajstić information content (AvgIpc) is 2.88. The van der Waals surface area contributed by atoms with Gasteiger partial charge in [0.15, 0.2) is 0 Å². The second-order valence-electron chi connectivity index (χ2n) is 6.52. The molecule has 1 fully saturated rings. The number of sulfonamides is 1. The standard InChI is InChI=1S/C15H21NO4S/c1-15(2,3)11-8-9-16(10-11)21(19,20)13-7-5-4-6-12(13)14(17)18/h4-7,11H,8-10H2,1-3H3,(H,17,18). The first-order valence-electron chi connectivity index (χ1n) is 6.96. The van der Waals surface area contributed by atoms with Gasteiger partial charge in [0.2, 0.25) is 10.0 Å². The molecule has 0 aliphatic carbocycles. The van der Waals surface area contributed by atoms with Gasteiger partial charge in [-0.3, -0.25) is 0 Å². The Hall–Kier alpha value is -1.40. The normalized spacial score (nSPS) is 20.6. The van der Waals surface area contributed by atoms with E-state index < -0.39 is 16.0 Å². The number of rotatable bonds is 3. The van der Waals surface area contributed by atoms with Crippen LogP contribution in [0.15, 0.2) is 29.2 Å². The van der Waals surface area contributed by atoms with E-state index in [-0.39, 0.29) is 21.8 Å². The van der Waals surface area contributed by atoms with Crippen LogP contribution in [0.1, 0.15) is 37.6 Å². The highest BCUT2D eigenvalue weighted by molar-refractivity contribution is 7.89. The molecule has 1 aliphatic heterocycles. The van der Waals surface area contributed by atoms with E-state index in [2.05, 4.69) is 20.8 Å². The zero-order valence-electron chi connectivity index (χ0n) is 12.5. The highest BCUT2D eigenvalue weighted by atomic mass is 32.2. The van der Waals surface area contributed by atoms with Crippen LogP contribution in [-0.2, 0) is 10.0 Å². The van der Waals surface area contributed by atoms with Crippen molar-refractivity contribution >= 4 is 16.0 Å². The largest absolute Gasteiger partial charge is 0.478 e. The molecule has 1 aliphatic rings. The molecule has 1 heterocycles. The van der Waals surface area contributed by atoms with Crippen molar-refractivity contribution in [2.24, 2.45) is 11.3 Å². The Morgan fingerprint density at radius 2 is 1.90 bits per heavy atom. The van der Waals surface area contributed by atoms with Gasteiger partial charge in [0.05, 0.1) is 10.5 Å². The third-order valence-electron chi connectivity index (χ3n) is 4.11. The van der Waals surface area contributed by atoms with Gasteiger partial charge < -0.3 is 5.11 Å². The van der Waals surface area contributed by atoms with Gasteiger partial charge in [-0.1, -0.05) is 32.9 Å². The number of aromatic carboxylic acids is 1. The summed E-state index contributed by atoms with van der Waals surface area (Å²) in [6.07, 6.45) is 0.804. The van der Waals surface area contributed by atoms with Crippen molar-refractivity contribution in [3.63, 3.8) is 0 Å². The molecule has 0 bridgehead atoms. The highest BCUT2D eigenvalue weighted by Crippen LogP contribution is 2.36. The summed E-state index contributed by atoms with van der Waals surface area (Å²) in [7, 11) is -3.76. The quantitative estimate of drug-likeness (QED) is 0.930. The lowest BCUT2D eigenvalue weighted by molar-refractivity contribution is 0.0692. The Bertz CT molecular complexity index is 646. The molecular formula is C15H21NO4S. The van der Waals surface area contributed by atoms with Crippen LogP contribution in [0.25, 0.3) is 0 Å². The zero-order valence-corrected chi connectivity index (χ0v) is 13.4. The molecule has 0 amide bonds. The van der Waals surface area contributed by atoms with E-state index >= 15 is 0 Å². The molecule has 21 heavy (non-hydrogen) atoms. The van der Waals surface area contributed by atoms with Crippen LogP contribution in [0, 0.1) is 11.3 Å². The number of carbonyl (C=O) groups is 1. The predicted octanol–water partition coefficient (Wildman–Crippen LogP) is 2.44. The predicted molar refractivity (Wildman–Crippen MR) is 79.7 cm³/mol. The van der Waals surface area contributed by atoms with Crippen LogP contribution in [0.4, 0.5) is 0 Å². The van der Waals surface area contributed by atoms with Crippen molar-refractivity contribution in [1.29, 1.82) is 0 Å². The summed E-state index contributed by atoms with van der Waals surface area (Å²) in [5, 5.41) is 9.17. The number of nitrogens with zero attached hydrogens (tertiary/aromatic N) is 1. The van der Waals surface area contributed by atoms with Gasteiger partial charge in [-0.05, 0) is 29.9 Å². The minimum atomic E-state index is -3.76. The van der Waals surface area contributed by atoms with Crippen LogP contribution in [-0.4, -0.2) is 36.9 Å². The van der Waals surface area contributed by atoms with Crippen molar-refractivity contribution in [3.8, 4) is 0 Å². The summed E-state index contributed by atoms with van der Waals surface area (Å²) in [5.41, 5.74) is -0.131. The van der Waals surface area contributed by atoms with Crippen molar-refractivity contribution in [2.45, 2.75) is 32.1 Å². The van der Waals surface area contributed by atoms with Gasteiger partial charge in [-0.15, -0.1) is 0 Å². The summed E-state index contributed by atoms with van der Waals surface area (Å²) < 4.78 is 26.8. The van der Waals surface area contributed by atoms with E-state index in [9.17, 15) is 18.3 Å². The second kappa shape index (κ2) is 5.42. The van der Waals surface area contributed by atoms with Gasteiger partial charge in [0, 0.05) is 13.1 Å². The smallest absolute Gasteiger partial charge is 0.337 e. The molecule has 1 unspecified atom stereocenters. The van der Waals surface area contributed by atoms with Gasteiger partial charge >= 0.3 is 5.97 Å². The van der Waals surface area contributed by atoms with Crippen LogP contribution in [0.5, 0.6) is 0 Å². The van der Waals surface area contributed by atoms with Gasteiger partial charge in [0.25, 0.3) is 0 Å². The molecule has 116 valence electrons. The second-order valence-corrected chi connectivity index (χ2v) is 8.42. The monoisotopic (exact) mass is 311 g/mol. The Morgan fingerprint density at radius 1 is 1.29 bits per heavy atom. The molecule has 0 aromatic heterocycles. The molecule has 0 saturated carbocycles. The first kappa shape index (κ1) is 16.0. The average molecular weight is 311 g/mol. The lowest BCUT2D eigenvalue weighted by Crippen LogP contribution is -2.32. The molecule has 0 radical (unpaired) electrons. The van der Waals surface area contributed by atoms with Gasteiger partial charge in [-0.25, -0.2) is 13.2 Å². The third kappa shape index (κ3) is 3.11. The van der Waals surface area contributed by atoms with Crippen LogP contribution < -0.4 is 0 Å². The van der Waals surface area contributed by atoms with E-state index in [1.54, 1.807) is 6.07 Å². The Morgan fingerprint density at radius 3 is 2.43 bits per heavy atom. The fraction of sp³-hybridized carbons (Fsp3) is 0.533.